The van der Waals surface area contributed by atoms with Gasteiger partial charge in [-0.05, 0) is 31.2 Å². The molecule has 1 heterocycles. The number of benzene rings is 2. The highest BCUT2D eigenvalue weighted by atomic mass is 16.5. The topological polar surface area (TPSA) is 62.4 Å². The first kappa shape index (κ1) is 18.9. The second-order valence-electron chi connectivity index (χ2n) is 6.36. The van der Waals surface area contributed by atoms with E-state index in [-0.39, 0.29) is 17.7 Å². The number of nitrogens with zero attached hydrogens (tertiary/aromatic N) is 1. The lowest BCUT2D eigenvalue weighted by Gasteiger charge is -2.21. The number of hydrogen-bond donors (Lipinski definition) is 1. The Bertz CT molecular complexity index is 980. The van der Waals surface area contributed by atoms with E-state index in [4.69, 9.17) is 4.74 Å². The molecule has 5 nitrogen and oxygen atoms in total. The number of aromatic amines is 1. The summed E-state index contributed by atoms with van der Waals surface area (Å²) in [6.07, 6.45) is 0. The molecule has 1 N–H and O–H groups in total. The molecule has 2 aromatic carbocycles. The van der Waals surface area contributed by atoms with Gasteiger partial charge in [0.05, 0.1) is 6.61 Å². The zero-order valence-corrected chi connectivity index (χ0v) is 15.7. The normalized spacial score (nSPS) is 11.1. The van der Waals surface area contributed by atoms with E-state index in [1.807, 2.05) is 37.3 Å². The molecule has 27 heavy (non-hydrogen) atoms. The molecule has 0 unspecified atom stereocenters. The Balaban J connectivity index is 2.02. The van der Waals surface area contributed by atoms with E-state index >= 15 is 0 Å². The van der Waals surface area contributed by atoms with Crippen molar-refractivity contribution in [3.05, 3.63) is 81.6 Å². The summed E-state index contributed by atoms with van der Waals surface area (Å²) in [5.74, 6) is -0.494. The van der Waals surface area contributed by atoms with Gasteiger partial charge in [0.25, 0.3) is 0 Å². The van der Waals surface area contributed by atoms with Gasteiger partial charge in [0.1, 0.15) is 5.69 Å². The van der Waals surface area contributed by atoms with Crippen LogP contribution in [0.1, 0.15) is 35.5 Å². The third-order valence-electron chi connectivity index (χ3n) is 4.56. The van der Waals surface area contributed by atoms with E-state index in [1.165, 1.54) is 0 Å². The second-order valence-corrected chi connectivity index (χ2v) is 6.36. The fraction of sp³-hybridized carbons (Fsp3) is 0.273. The van der Waals surface area contributed by atoms with Crippen molar-refractivity contribution in [2.24, 2.45) is 0 Å². The van der Waals surface area contributed by atoms with Gasteiger partial charge in [0.15, 0.2) is 5.43 Å². The van der Waals surface area contributed by atoms with E-state index in [2.05, 4.69) is 22.0 Å². The van der Waals surface area contributed by atoms with Crippen molar-refractivity contribution in [2.75, 3.05) is 13.2 Å². The number of carbonyl (C=O) groups is 1. The Morgan fingerprint density at radius 3 is 2.41 bits per heavy atom. The Hall–Kier alpha value is -2.92. The Labute approximate surface area is 158 Å². The molecule has 3 rings (SSSR count). The first-order chi connectivity index (χ1) is 13.1. The van der Waals surface area contributed by atoms with Crippen molar-refractivity contribution in [1.82, 2.24) is 9.88 Å². The molecule has 140 valence electrons. The van der Waals surface area contributed by atoms with Gasteiger partial charge in [-0.15, -0.1) is 0 Å². The van der Waals surface area contributed by atoms with E-state index in [0.29, 0.717) is 29.6 Å². The predicted octanol–water partition coefficient (Wildman–Crippen LogP) is 3.73. The monoisotopic (exact) mass is 364 g/mol. The van der Waals surface area contributed by atoms with Crippen molar-refractivity contribution >= 4 is 16.9 Å². The van der Waals surface area contributed by atoms with Crippen LogP contribution in [-0.4, -0.2) is 29.0 Å². The zero-order valence-electron chi connectivity index (χ0n) is 15.7. The summed E-state index contributed by atoms with van der Waals surface area (Å²) < 4.78 is 5.18. The molecule has 0 fully saturated rings. The number of fused-ring (bicyclic) bond motifs is 1. The van der Waals surface area contributed by atoms with Crippen LogP contribution < -0.4 is 5.43 Å². The summed E-state index contributed by atoms with van der Waals surface area (Å²) in [5, 5.41) is 0.580. The highest BCUT2D eigenvalue weighted by Gasteiger charge is 2.20. The van der Waals surface area contributed by atoms with Crippen LogP contribution in [0.2, 0.25) is 0 Å². The molecule has 3 aromatic rings. The molecular formula is C22H24N2O3. The Morgan fingerprint density at radius 1 is 1.00 bits per heavy atom. The number of nitrogens with one attached hydrogen (secondary N) is 1. The third-order valence-corrected chi connectivity index (χ3v) is 4.56. The summed E-state index contributed by atoms with van der Waals surface area (Å²) in [6, 6.07) is 17.3. The van der Waals surface area contributed by atoms with E-state index < -0.39 is 5.97 Å². The molecule has 0 aliphatic rings. The van der Waals surface area contributed by atoms with Gasteiger partial charge in [0, 0.05) is 29.6 Å². The summed E-state index contributed by atoms with van der Waals surface area (Å²) in [7, 11) is 0. The molecule has 5 heteroatoms. The van der Waals surface area contributed by atoms with Crippen LogP contribution in [0.25, 0.3) is 10.9 Å². The van der Waals surface area contributed by atoms with Crippen LogP contribution >= 0.6 is 0 Å². The highest BCUT2D eigenvalue weighted by Crippen LogP contribution is 2.16. The number of aromatic nitrogens is 1. The minimum atomic E-state index is -0.494. The number of para-hydroxylation sites is 1. The SMILES string of the molecule is CCOC(=O)c1[nH]c2ccccc2c(=O)c1CN(CC)Cc1ccccc1. The molecule has 0 atom stereocenters. The number of ether oxygens (including phenoxy) is 1. The number of H-pyrrole nitrogens is 1. The molecule has 0 saturated heterocycles. The number of pyridine rings is 1. The summed E-state index contributed by atoms with van der Waals surface area (Å²) in [6.45, 7) is 5.89. The van der Waals surface area contributed by atoms with E-state index in [0.717, 1.165) is 12.1 Å². The molecule has 0 radical (unpaired) electrons. The minimum absolute atomic E-state index is 0.126. The molecule has 0 aliphatic carbocycles. The van der Waals surface area contributed by atoms with Crippen LogP contribution in [0.4, 0.5) is 0 Å². The van der Waals surface area contributed by atoms with Crippen molar-refractivity contribution in [1.29, 1.82) is 0 Å². The largest absolute Gasteiger partial charge is 0.461 e. The molecular weight excluding hydrogens is 340 g/mol. The molecule has 0 saturated carbocycles. The fourth-order valence-electron chi connectivity index (χ4n) is 3.15. The van der Waals surface area contributed by atoms with Crippen molar-refractivity contribution in [3.63, 3.8) is 0 Å². The second kappa shape index (κ2) is 8.64. The average Bonchev–Trinajstić information content (AvgIpc) is 2.70. The molecule has 0 aliphatic heterocycles. The number of esters is 1. The molecule has 0 bridgehead atoms. The van der Waals surface area contributed by atoms with Crippen LogP contribution in [0.15, 0.2) is 59.4 Å². The molecule has 0 spiro atoms. The maximum Gasteiger partial charge on any atom is 0.355 e. The van der Waals surface area contributed by atoms with Crippen LogP contribution in [-0.2, 0) is 17.8 Å². The summed E-state index contributed by atoms with van der Waals surface area (Å²) >= 11 is 0. The standard InChI is InChI=1S/C22H24N2O3/c1-3-24(14-16-10-6-5-7-11-16)15-18-20(22(26)27-4-2)23-19-13-9-8-12-17(19)21(18)25/h5-13H,3-4,14-15H2,1-2H3,(H,23,25). The number of carbonyl (C=O) groups excluding carboxylic acids is 1. The maximum absolute atomic E-state index is 13.1. The van der Waals surface area contributed by atoms with Gasteiger partial charge in [-0.1, -0.05) is 49.4 Å². The lowest BCUT2D eigenvalue weighted by Crippen LogP contribution is -2.29. The van der Waals surface area contributed by atoms with Crippen molar-refractivity contribution in [3.8, 4) is 0 Å². The lowest BCUT2D eigenvalue weighted by molar-refractivity contribution is 0.0517. The van der Waals surface area contributed by atoms with Crippen molar-refractivity contribution < 1.29 is 9.53 Å². The lowest BCUT2D eigenvalue weighted by atomic mass is 10.1. The quantitative estimate of drug-likeness (QED) is 0.649. The first-order valence-electron chi connectivity index (χ1n) is 9.21. The zero-order chi connectivity index (χ0) is 19.2. The number of rotatable bonds is 7. The van der Waals surface area contributed by atoms with Gasteiger partial charge in [-0.2, -0.15) is 0 Å². The van der Waals surface area contributed by atoms with Gasteiger partial charge in [-0.3, -0.25) is 9.69 Å². The van der Waals surface area contributed by atoms with Gasteiger partial charge in [0.2, 0.25) is 0 Å². The Kier molecular flexibility index (Phi) is 6.04. The minimum Gasteiger partial charge on any atom is -0.461 e. The van der Waals surface area contributed by atoms with E-state index in [9.17, 15) is 9.59 Å². The fourth-order valence-corrected chi connectivity index (χ4v) is 3.15. The third kappa shape index (κ3) is 4.26. The average molecular weight is 364 g/mol. The van der Waals surface area contributed by atoms with Gasteiger partial charge < -0.3 is 9.72 Å². The van der Waals surface area contributed by atoms with Gasteiger partial charge >= 0.3 is 5.97 Å². The smallest absolute Gasteiger partial charge is 0.355 e. The summed E-state index contributed by atoms with van der Waals surface area (Å²) in [5.41, 5.74) is 2.37. The van der Waals surface area contributed by atoms with Crippen molar-refractivity contribution in [2.45, 2.75) is 26.9 Å². The van der Waals surface area contributed by atoms with Crippen LogP contribution in [0, 0.1) is 0 Å². The van der Waals surface area contributed by atoms with E-state index in [1.54, 1.807) is 19.1 Å². The molecule has 1 aromatic heterocycles. The molecule has 0 amide bonds. The van der Waals surface area contributed by atoms with Crippen LogP contribution in [0.3, 0.4) is 0 Å². The van der Waals surface area contributed by atoms with Crippen LogP contribution in [0.5, 0.6) is 0 Å². The first-order valence-corrected chi connectivity index (χ1v) is 9.21. The summed E-state index contributed by atoms with van der Waals surface area (Å²) in [4.78, 5) is 30.8. The number of hydrogen-bond acceptors (Lipinski definition) is 4. The maximum atomic E-state index is 13.1. The van der Waals surface area contributed by atoms with Gasteiger partial charge in [-0.25, -0.2) is 4.79 Å². The highest BCUT2D eigenvalue weighted by molar-refractivity contribution is 5.92. The Morgan fingerprint density at radius 2 is 1.70 bits per heavy atom. The predicted molar refractivity (Wildman–Crippen MR) is 107 cm³/mol.